The van der Waals surface area contributed by atoms with E-state index < -0.39 is 36.0 Å². The Bertz CT molecular complexity index is 750. The zero-order valence-electron chi connectivity index (χ0n) is 16.3. The van der Waals surface area contributed by atoms with Crippen LogP contribution in [-0.4, -0.2) is 48.4 Å². The maximum atomic E-state index is 11.9. The second-order valence-corrected chi connectivity index (χ2v) is 7.47. The molecule has 2 fully saturated rings. The molecule has 1 aromatic rings. The number of oxime groups is 1. The summed E-state index contributed by atoms with van der Waals surface area (Å²) in [5.41, 5.74) is 1.25. The van der Waals surface area contributed by atoms with Crippen molar-refractivity contribution >= 4 is 11.7 Å². The van der Waals surface area contributed by atoms with Crippen LogP contribution in [0.2, 0.25) is 0 Å². The molecular weight excluding hydrogens is 366 g/mol. The van der Waals surface area contributed by atoms with E-state index in [1.807, 2.05) is 44.2 Å². The highest BCUT2D eigenvalue weighted by molar-refractivity contribution is 6.36. The van der Waals surface area contributed by atoms with Gasteiger partial charge in [-0.05, 0) is 26.3 Å². The van der Waals surface area contributed by atoms with Gasteiger partial charge in [0.25, 0.3) is 5.79 Å². The molecule has 0 unspecified atom stereocenters. The number of benzene rings is 1. The normalized spacial score (nSPS) is 33.2. The minimum absolute atomic E-state index is 0.233. The van der Waals surface area contributed by atoms with Crippen LogP contribution in [0.5, 0.6) is 0 Å². The Morgan fingerprint density at radius 2 is 2.00 bits per heavy atom. The lowest BCUT2D eigenvalue weighted by molar-refractivity contribution is -0.327. The van der Waals surface area contributed by atoms with E-state index in [2.05, 4.69) is 5.16 Å². The van der Waals surface area contributed by atoms with E-state index in [-0.39, 0.29) is 12.3 Å². The summed E-state index contributed by atoms with van der Waals surface area (Å²) >= 11 is 0. The maximum Gasteiger partial charge on any atom is 0.356 e. The molecule has 8 nitrogen and oxygen atoms in total. The van der Waals surface area contributed by atoms with E-state index in [4.69, 9.17) is 28.5 Å². The molecule has 4 atom stereocenters. The van der Waals surface area contributed by atoms with Gasteiger partial charge in [0, 0.05) is 12.8 Å². The largest absolute Gasteiger partial charge is 0.461 e. The molecule has 0 aromatic heterocycles. The molecule has 1 aromatic carbocycles. The molecule has 152 valence electrons. The van der Waals surface area contributed by atoms with Crippen molar-refractivity contribution in [3.05, 3.63) is 35.9 Å². The Labute approximate surface area is 163 Å². The minimum atomic E-state index is -1.17. The molecule has 2 saturated heterocycles. The summed E-state index contributed by atoms with van der Waals surface area (Å²) in [5, 5.41) is 3.98. The van der Waals surface area contributed by atoms with Crippen LogP contribution in [0.3, 0.4) is 0 Å². The van der Waals surface area contributed by atoms with Gasteiger partial charge in [-0.25, -0.2) is 4.79 Å². The van der Waals surface area contributed by atoms with Crippen molar-refractivity contribution in [3.63, 3.8) is 0 Å². The number of hydrogen-bond donors (Lipinski definition) is 0. The molecule has 1 spiro atoms. The van der Waals surface area contributed by atoms with Gasteiger partial charge in [-0.15, -0.1) is 0 Å². The van der Waals surface area contributed by atoms with Gasteiger partial charge in [0.15, 0.2) is 23.9 Å². The average Bonchev–Trinajstić information content (AvgIpc) is 3.10. The number of hydrogen-bond acceptors (Lipinski definition) is 8. The zero-order chi connectivity index (χ0) is 19.8. The van der Waals surface area contributed by atoms with Gasteiger partial charge in [0.2, 0.25) is 0 Å². The van der Waals surface area contributed by atoms with Gasteiger partial charge in [-0.3, -0.25) is 0 Å². The summed E-state index contributed by atoms with van der Waals surface area (Å²) in [5.74, 6) is -2.43. The predicted octanol–water partition coefficient (Wildman–Crippen LogP) is 2.51. The van der Waals surface area contributed by atoms with Gasteiger partial charge in [-0.2, -0.15) is 0 Å². The molecule has 3 aliphatic rings. The maximum absolute atomic E-state index is 11.9. The first kappa shape index (κ1) is 19.3. The Balaban J connectivity index is 1.53. The van der Waals surface area contributed by atoms with Crippen LogP contribution < -0.4 is 0 Å². The molecule has 0 amide bonds. The number of ether oxygens (including phenoxy) is 5. The number of rotatable bonds is 5. The Morgan fingerprint density at radius 1 is 1.21 bits per heavy atom. The van der Waals surface area contributed by atoms with E-state index in [1.165, 1.54) is 0 Å². The molecule has 28 heavy (non-hydrogen) atoms. The summed E-state index contributed by atoms with van der Waals surface area (Å²) in [6.45, 7) is 6.04. The fraction of sp³-hybridized carbons (Fsp3) is 0.600. The molecule has 0 bridgehead atoms. The monoisotopic (exact) mass is 391 g/mol. The fourth-order valence-electron chi connectivity index (χ4n) is 3.69. The quantitative estimate of drug-likeness (QED) is 0.713. The number of carbonyl (C=O) groups excluding carboxylic acids is 1. The first-order valence-corrected chi connectivity index (χ1v) is 9.53. The number of nitrogens with zero attached hydrogens (tertiary/aromatic N) is 1. The van der Waals surface area contributed by atoms with Crippen molar-refractivity contribution in [1.29, 1.82) is 0 Å². The highest BCUT2D eigenvalue weighted by atomic mass is 16.9. The summed E-state index contributed by atoms with van der Waals surface area (Å²) < 4.78 is 29.1. The van der Waals surface area contributed by atoms with Gasteiger partial charge < -0.3 is 28.5 Å². The van der Waals surface area contributed by atoms with E-state index >= 15 is 0 Å². The smallest absolute Gasteiger partial charge is 0.356 e. The van der Waals surface area contributed by atoms with Crippen molar-refractivity contribution in [2.75, 3.05) is 6.61 Å². The lowest BCUT2D eigenvalue weighted by atomic mass is 9.99. The van der Waals surface area contributed by atoms with E-state index in [0.29, 0.717) is 19.4 Å². The highest BCUT2D eigenvalue weighted by Gasteiger charge is 2.65. The Kier molecular flexibility index (Phi) is 5.13. The fourth-order valence-corrected chi connectivity index (χ4v) is 3.69. The second kappa shape index (κ2) is 7.44. The number of esters is 1. The minimum Gasteiger partial charge on any atom is -0.461 e. The molecular formula is C20H25NO7. The first-order valence-electron chi connectivity index (χ1n) is 9.53. The van der Waals surface area contributed by atoms with Crippen LogP contribution in [0, 0.1) is 0 Å². The average molecular weight is 391 g/mol. The van der Waals surface area contributed by atoms with Crippen LogP contribution in [0.4, 0.5) is 0 Å². The van der Waals surface area contributed by atoms with Crippen LogP contribution in [0.1, 0.15) is 39.2 Å². The topological polar surface area (TPSA) is 84.8 Å². The van der Waals surface area contributed by atoms with E-state index in [9.17, 15) is 4.79 Å². The standard InChI is InChI=1S/C20H25NO7/c1-4-23-17(22)14-10-11-20(28-21-14)16(24-12-13-8-6-5-7-9-13)15-18(27-20)26-19(2,3)25-15/h5-9,15-16,18H,4,10-12H2,1-3H3/t15-,16-,18+,20-/m1/s1. The summed E-state index contributed by atoms with van der Waals surface area (Å²) in [6.07, 6.45) is -0.919. The summed E-state index contributed by atoms with van der Waals surface area (Å²) in [4.78, 5) is 17.6. The zero-order valence-corrected chi connectivity index (χ0v) is 16.3. The molecule has 3 aliphatic heterocycles. The lowest BCUT2D eigenvalue weighted by Crippen LogP contribution is -2.50. The molecule has 4 rings (SSSR count). The SMILES string of the molecule is CCOC(=O)C1=NO[C@@]2(CC1)O[C@@H]1OC(C)(C)O[C@@H]1[C@H]2OCc1ccccc1. The van der Waals surface area contributed by atoms with E-state index in [1.54, 1.807) is 6.92 Å². The van der Waals surface area contributed by atoms with Crippen molar-refractivity contribution in [2.45, 2.75) is 70.3 Å². The van der Waals surface area contributed by atoms with Gasteiger partial charge in [-0.1, -0.05) is 35.5 Å². The van der Waals surface area contributed by atoms with Crippen molar-refractivity contribution in [1.82, 2.24) is 0 Å². The van der Waals surface area contributed by atoms with Gasteiger partial charge >= 0.3 is 5.97 Å². The summed E-state index contributed by atoms with van der Waals surface area (Å²) in [7, 11) is 0. The van der Waals surface area contributed by atoms with Crippen molar-refractivity contribution in [3.8, 4) is 0 Å². The summed E-state index contributed by atoms with van der Waals surface area (Å²) in [6, 6.07) is 9.82. The number of carbonyl (C=O) groups is 1. The van der Waals surface area contributed by atoms with E-state index in [0.717, 1.165) is 5.56 Å². The molecule has 0 saturated carbocycles. The molecule has 0 radical (unpaired) electrons. The highest BCUT2D eigenvalue weighted by Crippen LogP contribution is 2.47. The van der Waals surface area contributed by atoms with Gasteiger partial charge in [0.05, 0.1) is 13.2 Å². The molecule has 0 aliphatic carbocycles. The van der Waals surface area contributed by atoms with Crippen LogP contribution >= 0.6 is 0 Å². The van der Waals surface area contributed by atoms with Crippen LogP contribution in [-0.2, 0) is 39.9 Å². The van der Waals surface area contributed by atoms with Crippen molar-refractivity contribution in [2.24, 2.45) is 5.16 Å². The van der Waals surface area contributed by atoms with Crippen molar-refractivity contribution < 1.29 is 33.3 Å². The number of fused-ring (bicyclic) bond motifs is 1. The lowest BCUT2D eigenvalue weighted by Gasteiger charge is -2.36. The first-order chi connectivity index (χ1) is 13.4. The molecule has 8 heteroatoms. The second-order valence-electron chi connectivity index (χ2n) is 7.47. The third-order valence-corrected chi connectivity index (χ3v) is 4.94. The Morgan fingerprint density at radius 3 is 2.68 bits per heavy atom. The van der Waals surface area contributed by atoms with Crippen LogP contribution in [0.15, 0.2) is 35.5 Å². The third kappa shape index (κ3) is 3.65. The van der Waals surface area contributed by atoms with Gasteiger partial charge in [0.1, 0.15) is 6.10 Å². The molecule has 0 N–H and O–H groups in total. The van der Waals surface area contributed by atoms with Crippen LogP contribution in [0.25, 0.3) is 0 Å². The molecule has 3 heterocycles. The predicted molar refractivity (Wildman–Crippen MR) is 97.0 cm³/mol. The Hall–Kier alpha value is -2.00. The third-order valence-electron chi connectivity index (χ3n) is 4.94.